The van der Waals surface area contributed by atoms with E-state index in [4.69, 9.17) is 17.0 Å². The Labute approximate surface area is 191 Å². The Morgan fingerprint density at radius 1 is 1.06 bits per heavy atom. The van der Waals surface area contributed by atoms with Crippen LogP contribution in [0.25, 0.3) is 10.9 Å². The van der Waals surface area contributed by atoms with Crippen LogP contribution in [-0.4, -0.2) is 29.0 Å². The molecule has 2 N–H and O–H groups in total. The molecule has 0 fully saturated rings. The smallest absolute Gasteiger partial charge is 0.337 e. The number of rotatable bonds is 6. The number of thiocarbonyl (C=S) groups is 1. The number of anilines is 1. The Bertz CT molecular complexity index is 1280. The zero-order valence-corrected chi connectivity index (χ0v) is 18.3. The minimum absolute atomic E-state index is 0.344. The number of ether oxygens (including phenoxy) is 1. The molecule has 0 aliphatic heterocycles. The van der Waals surface area contributed by atoms with E-state index in [0.29, 0.717) is 17.2 Å². The van der Waals surface area contributed by atoms with Crippen LogP contribution in [0.15, 0.2) is 90.2 Å². The molecule has 0 amide bonds. The maximum absolute atomic E-state index is 11.9. The van der Waals surface area contributed by atoms with Crippen molar-refractivity contribution in [1.82, 2.24) is 9.99 Å². The molecule has 0 saturated carbocycles. The monoisotopic (exact) mass is 442 g/mol. The number of nitrogens with zero attached hydrogens (tertiary/aromatic N) is 2. The Hall–Kier alpha value is -3.97. The highest BCUT2D eigenvalue weighted by atomic mass is 32.1. The largest absolute Gasteiger partial charge is 0.465 e. The van der Waals surface area contributed by atoms with E-state index in [1.165, 1.54) is 7.11 Å². The molecule has 1 heterocycles. The molecule has 7 heteroatoms. The first-order valence-electron chi connectivity index (χ1n) is 10.0. The first kappa shape index (κ1) is 21.3. The number of hydrogen-bond donors (Lipinski definition) is 2. The molecule has 0 bridgehead atoms. The normalized spacial score (nSPS) is 10.9. The van der Waals surface area contributed by atoms with E-state index in [0.717, 1.165) is 27.7 Å². The van der Waals surface area contributed by atoms with Gasteiger partial charge in [0.1, 0.15) is 0 Å². The maximum atomic E-state index is 11.9. The van der Waals surface area contributed by atoms with Crippen molar-refractivity contribution in [1.29, 1.82) is 0 Å². The number of nitrogens with one attached hydrogen (secondary N) is 2. The predicted molar refractivity (Wildman–Crippen MR) is 132 cm³/mol. The summed E-state index contributed by atoms with van der Waals surface area (Å²) >= 11 is 5.30. The molecule has 0 aliphatic rings. The fourth-order valence-electron chi connectivity index (χ4n) is 3.46. The lowest BCUT2D eigenvalue weighted by atomic mass is 10.1. The van der Waals surface area contributed by atoms with Crippen molar-refractivity contribution >= 4 is 46.1 Å². The third kappa shape index (κ3) is 5.01. The Morgan fingerprint density at radius 3 is 2.66 bits per heavy atom. The summed E-state index contributed by atoms with van der Waals surface area (Å²) in [5.74, 6) is -0.344. The average Bonchev–Trinajstić information content (AvgIpc) is 3.16. The highest BCUT2D eigenvalue weighted by molar-refractivity contribution is 7.80. The highest BCUT2D eigenvalue weighted by Crippen LogP contribution is 2.21. The summed E-state index contributed by atoms with van der Waals surface area (Å²) in [4.78, 5) is 11.9. The van der Waals surface area contributed by atoms with E-state index >= 15 is 0 Å². The molecule has 3 aromatic carbocycles. The van der Waals surface area contributed by atoms with E-state index in [1.807, 2.05) is 66.9 Å². The molecule has 0 atom stereocenters. The predicted octanol–water partition coefficient (Wildman–Crippen LogP) is 4.80. The number of carbonyl (C=O) groups excluding carboxylic acids is 1. The molecular weight excluding hydrogens is 420 g/mol. The molecular formula is C25H22N4O2S. The first-order chi connectivity index (χ1) is 15.6. The van der Waals surface area contributed by atoms with Gasteiger partial charge in [-0.15, -0.1) is 0 Å². The zero-order valence-electron chi connectivity index (χ0n) is 17.5. The van der Waals surface area contributed by atoms with E-state index in [-0.39, 0.29) is 5.97 Å². The number of para-hydroxylation sites is 2. The van der Waals surface area contributed by atoms with Crippen molar-refractivity contribution in [3.63, 3.8) is 0 Å². The van der Waals surface area contributed by atoms with Crippen LogP contribution in [0.2, 0.25) is 0 Å². The van der Waals surface area contributed by atoms with Gasteiger partial charge >= 0.3 is 5.97 Å². The SMILES string of the molecule is COC(=O)c1cccc(Cn2cc(/C=N/NC(=S)Nc3ccccc3)c3ccccc32)c1. The topological polar surface area (TPSA) is 67.7 Å². The van der Waals surface area contributed by atoms with Gasteiger partial charge in [-0.3, -0.25) is 5.43 Å². The van der Waals surface area contributed by atoms with Crippen LogP contribution in [0.4, 0.5) is 5.69 Å². The van der Waals surface area contributed by atoms with E-state index < -0.39 is 0 Å². The summed E-state index contributed by atoms with van der Waals surface area (Å²) in [5, 5.41) is 8.88. The Kier molecular flexibility index (Phi) is 6.57. The van der Waals surface area contributed by atoms with Crippen molar-refractivity contribution in [2.24, 2.45) is 5.10 Å². The maximum Gasteiger partial charge on any atom is 0.337 e. The summed E-state index contributed by atoms with van der Waals surface area (Å²) in [5.41, 5.74) is 7.32. The van der Waals surface area contributed by atoms with Crippen molar-refractivity contribution in [3.05, 3.63) is 102 Å². The molecule has 6 nitrogen and oxygen atoms in total. The molecule has 1 aromatic heterocycles. The molecule has 0 saturated heterocycles. The average molecular weight is 443 g/mol. The molecule has 0 radical (unpaired) electrons. The van der Waals surface area contributed by atoms with Gasteiger partial charge in [-0.05, 0) is 48.1 Å². The van der Waals surface area contributed by atoms with Crippen LogP contribution in [0.3, 0.4) is 0 Å². The molecule has 0 aliphatic carbocycles. The second-order valence-electron chi connectivity index (χ2n) is 7.11. The summed E-state index contributed by atoms with van der Waals surface area (Å²) in [6.45, 7) is 0.612. The molecule has 32 heavy (non-hydrogen) atoms. The van der Waals surface area contributed by atoms with Gasteiger partial charge in [0.05, 0.1) is 18.9 Å². The van der Waals surface area contributed by atoms with Crippen LogP contribution < -0.4 is 10.7 Å². The lowest BCUT2D eigenvalue weighted by molar-refractivity contribution is 0.0600. The van der Waals surface area contributed by atoms with Gasteiger partial charge in [0, 0.05) is 34.9 Å². The van der Waals surface area contributed by atoms with E-state index in [1.54, 1.807) is 12.3 Å². The lowest BCUT2D eigenvalue weighted by Gasteiger charge is -2.07. The summed E-state index contributed by atoms with van der Waals surface area (Å²) < 4.78 is 6.96. The van der Waals surface area contributed by atoms with Gasteiger partial charge in [-0.25, -0.2) is 4.79 Å². The second-order valence-corrected chi connectivity index (χ2v) is 7.52. The Morgan fingerprint density at radius 2 is 1.84 bits per heavy atom. The summed E-state index contributed by atoms with van der Waals surface area (Å²) in [6, 6.07) is 25.2. The number of benzene rings is 3. The molecule has 4 aromatic rings. The summed E-state index contributed by atoms with van der Waals surface area (Å²) in [6.07, 6.45) is 3.79. The van der Waals surface area contributed by atoms with Crippen LogP contribution >= 0.6 is 12.2 Å². The van der Waals surface area contributed by atoms with E-state index in [9.17, 15) is 4.79 Å². The lowest BCUT2D eigenvalue weighted by Crippen LogP contribution is -2.23. The number of aromatic nitrogens is 1. The molecule has 0 spiro atoms. The first-order valence-corrected chi connectivity index (χ1v) is 10.4. The zero-order chi connectivity index (χ0) is 22.3. The number of fused-ring (bicyclic) bond motifs is 1. The fourth-order valence-corrected chi connectivity index (χ4v) is 3.63. The third-order valence-electron chi connectivity index (χ3n) is 4.92. The molecule has 160 valence electrons. The number of hydrazone groups is 1. The van der Waals surface area contributed by atoms with Crippen molar-refractivity contribution in [2.75, 3.05) is 12.4 Å². The van der Waals surface area contributed by atoms with Crippen LogP contribution in [0, 0.1) is 0 Å². The van der Waals surface area contributed by atoms with Crippen molar-refractivity contribution < 1.29 is 9.53 Å². The molecule has 0 unspecified atom stereocenters. The van der Waals surface area contributed by atoms with E-state index in [2.05, 4.69) is 32.5 Å². The summed E-state index contributed by atoms with van der Waals surface area (Å²) in [7, 11) is 1.38. The van der Waals surface area contributed by atoms with Crippen LogP contribution in [-0.2, 0) is 11.3 Å². The van der Waals surface area contributed by atoms with Crippen molar-refractivity contribution in [3.8, 4) is 0 Å². The van der Waals surface area contributed by atoms with Gasteiger partial charge in [-0.1, -0.05) is 48.5 Å². The minimum Gasteiger partial charge on any atom is -0.465 e. The number of methoxy groups -OCH3 is 1. The number of hydrogen-bond acceptors (Lipinski definition) is 4. The quantitative estimate of drug-likeness (QED) is 0.194. The second kappa shape index (κ2) is 9.89. The van der Waals surface area contributed by atoms with Gasteiger partial charge in [-0.2, -0.15) is 5.10 Å². The number of carbonyl (C=O) groups is 1. The van der Waals surface area contributed by atoms with Crippen LogP contribution in [0.1, 0.15) is 21.5 Å². The van der Waals surface area contributed by atoms with Crippen molar-refractivity contribution in [2.45, 2.75) is 6.54 Å². The fraction of sp³-hybridized carbons (Fsp3) is 0.0800. The third-order valence-corrected chi connectivity index (χ3v) is 5.12. The highest BCUT2D eigenvalue weighted by Gasteiger charge is 2.09. The van der Waals surface area contributed by atoms with Gasteiger partial charge in [0.2, 0.25) is 0 Å². The van der Waals surface area contributed by atoms with Crippen LogP contribution in [0.5, 0.6) is 0 Å². The molecule has 4 rings (SSSR count). The van der Waals surface area contributed by atoms with Gasteiger partial charge in [0.25, 0.3) is 0 Å². The van der Waals surface area contributed by atoms with Gasteiger partial charge < -0.3 is 14.6 Å². The van der Waals surface area contributed by atoms with Gasteiger partial charge in [0.15, 0.2) is 5.11 Å². The standard InChI is InChI=1S/C25H22N4O2S/c1-31-24(30)19-9-7-8-18(14-19)16-29-17-20(22-12-5-6-13-23(22)29)15-26-28-25(32)27-21-10-3-2-4-11-21/h2-15,17H,16H2,1H3,(H2,27,28,32)/b26-15+. The minimum atomic E-state index is -0.344. The Balaban J connectivity index is 1.52. The number of esters is 1.